The Balaban J connectivity index is 1.82. The molecular weight excluding hydrogens is 248 g/mol. The summed E-state index contributed by atoms with van der Waals surface area (Å²) in [6, 6.07) is 12.8. The van der Waals surface area contributed by atoms with Crippen molar-refractivity contribution in [2.45, 2.75) is 25.9 Å². The van der Waals surface area contributed by atoms with Crippen molar-refractivity contribution in [3.8, 4) is 0 Å². The molecule has 20 heavy (non-hydrogen) atoms. The molecule has 1 aromatic heterocycles. The van der Waals surface area contributed by atoms with E-state index in [1.807, 2.05) is 6.92 Å². The second kappa shape index (κ2) is 5.63. The van der Waals surface area contributed by atoms with Crippen LogP contribution in [0.4, 0.5) is 5.69 Å². The van der Waals surface area contributed by atoms with E-state index in [0.717, 1.165) is 36.5 Å². The highest BCUT2D eigenvalue weighted by molar-refractivity contribution is 5.54. The Bertz CT molecular complexity index is 583. The lowest BCUT2D eigenvalue weighted by molar-refractivity contribution is 0.281. The number of hydrogen-bond donors (Lipinski definition) is 1. The van der Waals surface area contributed by atoms with Crippen molar-refractivity contribution in [1.82, 2.24) is 4.98 Å². The molecule has 0 spiro atoms. The van der Waals surface area contributed by atoms with Gasteiger partial charge >= 0.3 is 0 Å². The van der Waals surface area contributed by atoms with Gasteiger partial charge in [-0.25, -0.2) is 0 Å². The first-order valence-electron chi connectivity index (χ1n) is 7.14. The van der Waals surface area contributed by atoms with E-state index >= 15 is 0 Å². The fraction of sp³-hybridized carbons (Fsp3) is 0.353. The molecule has 1 unspecified atom stereocenters. The van der Waals surface area contributed by atoms with Crippen molar-refractivity contribution in [1.29, 1.82) is 0 Å². The second-order valence-electron chi connectivity index (χ2n) is 5.45. The molecule has 0 bridgehead atoms. The number of aromatic nitrogens is 1. The second-order valence-corrected chi connectivity index (χ2v) is 5.45. The molecule has 2 aromatic rings. The van der Waals surface area contributed by atoms with Crippen LogP contribution in [0.5, 0.6) is 0 Å². The van der Waals surface area contributed by atoms with Crippen molar-refractivity contribution in [2.75, 3.05) is 18.0 Å². The van der Waals surface area contributed by atoms with Gasteiger partial charge in [0, 0.05) is 42.1 Å². The summed E-state index contributed by atoms with van der Waals surface area (Å²) < 4.78 is 0. The van der Waals surface area contributed by atoms with Crippen molar-refractivity contribution < 1.29 is 5.11 Å². The first kappa shape index (κ1) is 13.1. The molecule has 3 rings (SSSR count). The van der Waals surface area contributed by atoms with Gasteiger partial charge in [-0.15, -0.1) is 0 Å². The molecule has 3 nitrogen and oxygen atoms in total. The van der Waals surface area contributed by atoms with Crippen LogP contribution in [0.3, 0.4) is 0 Å². The Morgan fingerprint density at radius 1 is 1.30 bits per heavy atom. The molecule has 0 radical (unpaired) electrons. The molecule has 2 heterocycles. The number of aryl methyl sites for hydroxylation is 1. The highest BCUT2D eigenvalue weighted by Gasteiger charge is 2.25. The first-order valence-corrected chi connectivity index (χ1v) is 7.14. The summed E-state index contributed by atoms with van der Waals surface area (Å²) in [5, 5.41) is 9.49. The number of pyridine rings is 1. The zero-order valence-electron chi connectivity index (χ0n) is 11.8. The Hall–Kier alpha value is -1.87. The number of benzene rings is 1. The van der Waals surface area contributed by atoms with Gasteiger partial charge in [0.25, 0.3) is 0 Å². The van der Waals surface area contributed by atoms with Crippen molar-refractivity contribution >= 4 is 5.69 Å². The summed E-state index contributed by atoms with van der Waals surface area (Å²) in [4.78, 5) is 6.65. The molecule has 3 heteroatoms. The minimum atomic E-state index is 0.0507. The van der Waals surface area contributed by atoms with Crippen LogP contribution in [0.2, 0.25) is 0 Å². The van der Waals surface area contributed by atoms with Crippen LogP contribution in [0.25, 0.3) is 0 Å². The Labute approximate surface area is 119 Å². The van der Waals surface area contributed by atoms with Crippen LogP contribution in [0.15, 0.2) is 42.6 Å². The highest BCUT2D eigenvalue weighted by atomic mass is 16.3. The molecule has 0 aliphatic carbocycles. The minimum absolute atomic E-state index is 0.0507. The Kier molecular flexibility index (Phi) is 3.70. The fourth-order valence-corrected chi connectivity index (χ4v) is 2.97. The van der Waals surface area contributed by atoms with Crippen molar-refractivity contribution in [2.24, 2.45) is 0 Å². The van der Waals surface area contributed by atoms with Crippen molar-refractivity contribution in [3.63, 3.8) is 0 Å². The van der Waals surface area contributed by atoms with Crippen LogP contribution in [-0.4, -0.2) is 23.2 Å². The maximum absolute atomic E-state index is 9.49. The topological polar surface area (TPSA) is 36.4 Å². The van der Waals surface area contributed by atoms with Crippen LogP contribution < -0.4 is 4.90 Å². The zero-order valence-corrected chi connectivity index (χ0v) is 11.8. The number of aliphatic hydroxyl groups excluding tert-OH is 1. The fourth-order valence-electron chi connectivity index (χ4n) is 2.97. The van der Waals surface area contributed by atoms with Gasteiger partial charge in [-0.2, -0.15) is 0 Å². The molecular formula is C17H20N2O. The summed E-state index contributed by atoms with van der Waals surface area (Å²) in [5.41, 5.74) is 4.47. The number of aliphatic hydroxyl groups is 1. The number of anilines is 1. The van der Waals surface area contributed by atoms with Crippen LogP contribution in [-0.2, 0) is 6.61 Å². The standard InChI is InChI=1S/C17H20N2O/c1-13-9-17(16(12-20)10-18-13)19-8-7-15(11-19)14-5-3-2-4-6-14/h2-6,9-10,15,20H,7-8,11-12H2,1H3. The van der Waals surface area contributed by atoms with Crippen LogP contribution >= 0.6 is 0 Å². The predicted octanol–water partition coefficient (Wildman–Crippen LogP) is 2.88. The third-order valence-electron chi connectivity index (χ3n) is 4.07. The largest absolute Gasteiger partial charge is 0.392 e. The average Bonchev–Trinajstić information content (AvgIpc) is 2.98. The van der Waals surface area contributed by atoms with E-state index in [9.17, 15) is 5.11 Å². The lowest BCUT2D eigenvalue weighted by atomic mass is 9.99. The van der Waals surface area contributed by atoms with E-state index in [0.29, 0.717) is 5.92 Å². The van der Waals surface area contributed by atoms with Crippen LogP contribution in [0, 0.1) is 6.92 Å². The smallest absolute Gasteiger partial charge is 0.0717 e. The number of nitrogens with zero attached hydrogens (tertiary/aromatic N) is 2. The normalized spacial score (nSPS) is 18.5. The van der Waals surface area contributed by atoms with E-state index in [-0.39, 0.29) is 6.61 Å². The minimum Gasteiger partial charge on any atom is -0.392 e. The molecule has 1 atom stereocenters. The predicted molar refractivity (Wildman–Crippen MR) is 80.9 cm³/mol. The van der Waals surface area contributed by atoms with Gasteiger partial charge in [0.2, 0.25) is 0 Å². The maximum Gasteiger partial charge on any atom is 0.0717 e. The van der Waals surface area contributed by atoms with Gasteiger partial charge in [0.05, 0.1) is 6.61 Å². The van der Waals surface area contributed by atoms with Gasteiger partial charge in [-0.05, 0) is 25.0 Å². The summed E-state index contributed by atoms with van der Waals surface area (Å²) in [7, 11) is 0. The summed E-state index contributed by atoms with van der Waals surface area (Å²) in [5.74, 6) is 0.580. The lowest BCUT2D eigenvalue weighted by Crippen LogP contribution is -2.21. The van der Waals surface area contributed by atoms with Crippen molar-refractivity contribution in [3.05, 3.63) is 59.4 Å². The van der Waals surface area contributed by atoms with Gasteiger partial charge in [0.15, 0.2) is 0 Å². The van der Waals surface area contributed by atoms with Crippen LogP contribution in [0.1, 0.15) is 29.2 Å². The Morgan fingerprint density at radius 2 is 2.10 bits per heavy atom. The summed E-state index contributed by atoms with van der Waals surface area (Å²) in [6.45, 7) is 4.10. The third kappa shape index (κ3) is 2.54. The summed E-state index contributed by atoms with van der Waals surface area (Å²) >= 11 is 0. The van der Waals surface area contributed by atoms with Gasteiger partial charge in [0.1, 0.15) is 0 Å². The molecule has 0 amide bonds. The molecule has 1 aliphatic rings. The van der Waals surface area contributed by atoms with Gasteiger partial charge in [-0.1, -0.05) is 30.3 Å². The quantitative estimate of drug-likeness (QED) is 0.930. The summed E-state index contributed by atoms with van der Waals surface area (Å²) in [6.07, 6.45) is 2.96. The molecule has 1 aliphatic heterocycles. The van der Waals surface area contributed by atoms with Gasteiger partial charge < -0.3 is 10.0 Å². The molecule has 1 fully saturated rings. The number of rotatable bonds is 3. The van der Waals surface area contributed by atoms with E-state index in [1.165, 1.54) is 5.56 Å². The highest BCUT2D eigenvalue weighted by Crippen LogP contribution is 2.32. The van der Waals surface area contributed by atoms with E-state index in [1.54, 1.807) is 6.20 Å². The monoisotopic (exact) mass is 268 g/mol. The molecule has 1 aromatic carbocycles. The molecule has 0 saturated carbocycles. The average molecular weight is 268 g/mol. The SMILES string of the molecule is Cc1cc(N2CCC(c3ccccc3)C2)c(CO)cn1. The van der Waals surface area contributed by atoms with E-state index in [4.69, 9.17) is 0 Å². The zero-order chi connectivity index (χ0) is 13.9. The lowest BCUT2D eigenvalue weighted by Gasteiger charge is -2.22. The molecule has 104 valence electrons. The molecule has 1 saturated heterocycles. The maximum atomic E-state index is 9.49. The number of hydrogen-bond acceptors (Lipinski definition) is 3. The van der Waals surface area contributed by atoms with E-state index in [2.05, 4.69) is 46.3 Å². The first-order chi connectivity index (χ1) is 9.78. The van der Waals surface area contributed by atoms with E-state index < -0.39 is 0 Å². The van der Waals surface area contributed by atoms with Gasteiger partial charge in [-0.3, -0.25) is 4.98 Å². The molecule has 1 N–H and O–H groups in total. The Morgan fingerprint density at radius 3 is 2.85 bits per heavy atom. The third-order valence-corrected chi connectivity index (χ3v) is 4.07.